The minimum absolute atomic E-state index is 0.0573. The van der Waals surface area contributed by atoms with Gasteiger partial charge < -0.3 is 25.2 Å². The number of carboxylic acids is 1. The van der Waals surface area contributed by atoms with Gasteiger partial charge in [0.2, 0.25) is 5.91 Å². The molecule has 0 aromatic rings. The molecule has 0 aliphatic rings. The van der Waals surface area contributed by atoms with Crippen LogP contribution in [-0.2, 0) is 32.7 Å². The Balaban J connectivity index is 4.04. The van der Waals surface area contributed by atoms with Gasteiger partial charge in [0, 0.05) is 12.8 Å². The van der Waals surface area contributed by atoms with Crippen molar-refractivity contribution in [2.24, 2.45) is 0 Å². The van der Waals surface area contributed by atoms with E-state index in [1.165, 1.54) is 19.3 Å². The van der Waals surface area contributed by atoms with Gasteiger partial charge in [-0.1, -0.05) is 155 Å². The highest BCUT2D eigenvalue weighted by Gasteiger charge is 2.28. The molecule has 4 N–H and O–H groups in total. The molecule has 0 aliphatic heterocycles. The van der Waals surface area contributed by atoms with Gasteiger partial charge >= 0.3 is 19.8 Å². The fourth-order valence-electron chi connectivity index (χ4n) is 5.51. The number of unbranched alkanes of at least 4 members (excludes halogenated alkanes) is 9. The second kappa shape index (κ2) is 43.8. The fourth-order valence-corrected chi connectivity index (χ4v) is 6.28. The standard InChI is InChI=1S/C50H80NO10P/c1-3-5-7-9-11-13-15-17-19-20-21-22-23-24-25-26-28-29-31-33-35-37-39-41-48(53)51-47(50(55)56)45-61-62(57,58)60-44-46(52)43-59-49(54)42-40-38-36-34-32-30-27-18-16-14-12-10-8-6-4-2/h5,7,11-14,17-19,21-22,24-25,27-29,33,35,46-47,52H,3-4,6,8-10,15-16,20,23,26,30-32,34,36-45H2,1-2H3,(H,51,53)(H,55,56)(H,57,58)/b7-5-,13-11-,14-12-,19-17-,22-21-,25-24-,27-18-,29-28-,35-33-. The second-order valence-electron chi connectivity index (χ2n) is 14.9. The van der Waals surface area contributed by atoms with Crippen molar-refractivity contribution in [3.05, 3.63) is 109 Å². The highest BCUT2D eigenvalue weighted by atomic mass is 31.2. The van der Waals surface area contributed by atoms with E-state index in [0.29, 0.717) is 19.3 Å². The number of rotatable bonds is 41. The average molecular weight is 886 g/mol. The Morgan fingerprint density at radius 1 is 0.532 bits per heavy atom. The van der Waals surface area contributed by atoms with Gasteiger partial charge in [-0.05, 0) is 96.3 Å². The SMILES string of the molecule is CC/C=C\C/C=C\C/C=C\C/C=C\C/C=C\C/C=C\C/C=C\CCCC(=O)NC(COP(=O)(O)OCC(O)COC(=O)CCCCCCC/C=C\C/C=C\CCCCC)C(=O)O. The van der Waals surface area contributed by atoms with Crippen LogP contribution >= 0.6 is 7.82 Å². The first-order chi connectivity index (χ1) is 30.1. The van der Waals surface area contributed by atoms with Crippen LogP contribution in [0.5, 0.6) is 0 Å². The van der Waals surface area contributed by atoms with Crippen molar-refractivity contribution >= 4 is 25.7 Å². The van der Waals surface area contributed by atoms with Crippen molar-refractivity contribution in [1.82, 2.24) is 5.32 Å². The summed E-state index contributed by atoms with van der Waals surface area (Å²) in [5.41, 5.74) is 0. The van der Waals surface area contributed by atoms with Crippen molar-refractivity contribution in [1.29, 1.82) is 0 Å². The Labute approximate surface area is 374 Å². The number of phosphoric ester groups is 1. The molecular formula is C50H80NO10P. The lowest BCUT2D eigenvalue weighted by Gasteiger charge is -2.18. The first-order valence-electron chi connectivity index (χ1n) is 22.9. The number of phosphoric acid groups is 1. The molecule has 0 aliphatic carbocycles. The summed E-state index contributed by atoms with van der Waals surface area (Å²) in [5, 5.41) is 21.8. The molecule has 0 radical (unpaired) electrons. The maximum Gasteiger partial charge on any atom is 0.472 e. The first-order valence-corrected chi connectivity index (χ1v) is 24.4. The van der Waals surface area contributed by atoms with E-state index in [4.69, 9.17) is 13.8 Å². The van der Waals surface area contributed by atoms with Crippen molar-refractivity contribution in [3.8, 4) is 0 Å². The van der Waals surface area contributed by atoms with E-state index in [9.17, 15) is 34.1 Å². The van der Waals surface area contributed by atoms with E-state index in [1.54, 1.807) is 0 Å². The summed E-state index contributed by atoms with van der Waals surface area (Å²) in [5.74, 6) is -2.49. The van der Waals surface area contributed by atoms with Crippen molar-refractivity contribution < 1.29 is 47.8 Å². The molecule has 0 aromatic heterocycles. The quantitative estimate of drug-likeness (QED) is 0.0201. The van der Waals surface area contributed by atoms with E-state index in [0.717, 1.165) is 89.9 Å². The number of carboxylic acid groups (broad SMARTS) is 1. The summed E-state index contributed by atoms with van der Waals surface area (Å²) in [6.45, 7) is 2.38. The lowest BCUT2D eigenvalue weighted by molar-refractivity contribution is -0.147. The number of hydrogen-bond acceptors (Lipinski definition) is 8. The lowest BCUT2D eigenvalue weighted by atomic mass is 10.1. The minimum atomic E-state index is -4.79. The largest absolute Gasteiger partial charge is 0.480 e. The summed E-state index contributed by atoms with van der Waals surface area (Å²) < 4.78 is 26.8. The van der Waals surface area contributed by atoms with Crippen LogP contribution in [0.4, 0.5) is 0 Å². The molecule has 12 heteroatoms. The molecular weight excluding hydrogens is 806 g/mol. The number of aliphatic hydroxyl groups is 1. The highest BCUT2D eigenvalue weighted by molar-refractivity contribution is 7.47. The third-order valence-electron chi connectivity index (χ3n) is 9.05. The first kappa shape index (κ1) is 58.1. The number of carbonyl (C=O) groups excluding carboxylic acids is 2. The van der Waals surface area contributed by atoms with Crippen molar-refractivity contribution in [2.75, 3.05) is 19.8 Å². The van der Waals surface area contributed by atoms with Gasteiger partial charge in [-0.2, -0.15) is 0 Å². The molecule has 0 aromatic carbocycles. The molecule has 62 heavy (non-hydrogen) atoms. The molecule has 3 unspecified atom stereocenters. The van der Waals surface area contributed by atoms with Crippen LogP contribution in [0.1, 0.15) is 155 Å². The smallest absolute Gasteiger partial charge is 0.472 e. The summed E-state index contributed by atoms with van der Waals surface area (Å²) in [6, 6.07) is -1.59. The van der Waals surface area contributed by atoms with Crippen molar-refractivity contribution in [3.63, 3.8) is 0 Å². The Morgan fingerprint density at radius 3 is 1.44 bits per heavy atom. The molecule has 350 valence electrons. The van der Waals surface area contributed by atoms with E-state index < -0.39 is 57.6 Å². The van der Waals surface area contributed by atoms with Crippen LogP contribution in [0.2, 0.25) is 0 Å². The van der Waals surface area contributed by atoms with E-state index in [2.05, 4.69) is 116 Å². The number of carbonyl (C=O) groups is 3. The zero-order valence-electron chi connectivity index (χ0n) is 37.9. The fraction of sp³-hybridized carbons (Fsp3) is 0.580. The zero-order chi connectivity index (χ0) is 45.6. The summed E-state index contributed by atoms with van der Waals surface area (Å²) in [6.07, 6.45) is 56.9. The van der Waals surface area contributed by atoms with Gasteiger partial charge in [0.15, 0.2) is 6.04 Å². The number of allylic oxidation sites excluding steroid dienone is 18. The Bertz CT molecular complexity index is 1460. The molecule has 11 nitrogen and oxygen atoms in total. The molecule has 0 bridgehead atoms. The normalized spacial score (nSPS) is 14.6. The van der Waals surface area contributed by atoms with Gasteiger partial charge in [-0.25, -0.2) is 9.36 Å². The Morgan fingerprint density at radius 2 is 0.952 bits per heavy atom. The predicted octanol–water partition coefficient (Wildman–Crippen LogP) is 12.2. The van der Waals surface area contributed by atoms with E-state index in [-0.39, 0.29) is 12.8 Å². The number of aliphatic hydroxyl groups excluding tert-OH is 1. The number of nitrogens with one attached hydrogen (secondary N) is 1. The average Bonchev–Trinajstić information content (AvgIpc) is 3.25. The van der Waals surface area contributed by atoms with Gasteiger partial charge in [-0.15, -0.1) is 0 Å². The summed E-state index contributed by atoms with van der Waals surface area (Å²) >= 11 is 0. The number of ether oxygens (including phenoxy) is 1. The molecule has 0 spiro atoms. The third-order valence-corrected chi connectivity index (χ3v) is 10.00. The van der Waals surface area contributed by atoms with Crippen LogP contribution < -0.4 is 5.32 Å². The maximum absolute atomic E-state index is 12.3. The number of aliphatic carboxylic acids is 1. The molecule has 0 fully saturated rings. The number of amides is 1. The van der Waals surface area contributed by atoms with E-state index in [1.807, 2.05) is 12.2 Å². The minimum Gasteiger partial charge on any atom is -0.480 e. The van der Waals surface area contributed by atoms with E-state index >= 15 is 0 Å². The van der Waals surface area contributed by atoms with Gasteiger partial charge in [0.1, 0.15) is 12.7 Å². The molecule has 0 saturated carbocycles. The van der Waals surface area contributed by atoms with Gasteiger partial charge in [0.25, 0.3) is 0 Å². The Kier molecular flexibility index (Phi) is 41.0. The molecule has 0 heterocycles. The van der Waals surface area contributed by atoms with Crippen LogP contribution in [0.3, 0.4) is 0 Å². The number of hydrogen-bond donors (Lipinski definition) is 4. The van der Waals surface area contributed by atoms with Crippen LogP contribution in [0.25, 0.3) is 0 Å². The topological polar surface area (TPSA) is 169 Å². The molecule has 3 atom stereocenters. The predicted molar refractivity (Wildman–Crippen MR) is 253 cm³/mol. The lowest BCUT2D eigenvalue weighted by Crippen LogP contribution is -2.43. The summed E-state index contributed by atoms with van der Waals surface area (Å²) in [7, 11) is -4.79. The van der Waals surface area contributed by atoms with Crippen LogP contribution in [0, 0.1) is 0 Å². The second-order valence-corrected chi connectivity index (χ2v) is 16.3. The third kappa shape index (κ3) is 42.8. The monoisotopic (exact) mass is 886 g/mol. The van der Waals surface area contributed by atoms with Crippen LogP contribution in [-0.4, -0.2) is 64.9 Å². The van der Waals surface area contributed by atoms with Gasteiger partial charge in [0.05, 0.1) is 13.2 Å². The molecule has 0 saturated heterocycles. The van der Waals surface area contributed by atoms with Crippen LogP contribution in [0.15, 0.2) is 109 Å². The maximum atomic E-state index is 12.3. The molecule has 0 rings (SSSR count). The highest BCUT2D eigenvalue weighted by Crippen LogP contribution is 2.43. The Hall–Kier alpha value is -3.86. The zero-order valence-corrected chi connectivity index (χ0v) is 38.8. The molecule has 1 amide bonds. The summed E-state index contributed by atoms with van der Waals surface area (Å²) in [4.78, 5) is 46.0. The van der Waals surface area contributed by atoms with Gasteiger partial charge in [-0.3, -0.25) is 18.6 Å². The van der Waals surface area contributed by atoms with Crippen molar-refractivity contribution in [2.45, 2.75) is 167 Å². The number of esters is 1.